The highest BCUT2D eigenvalue weighted by Crippen LogP contribution is 2.42. The number of nitrogens with zero attached hydrogens (tertiary/aromatic N) is 2. The molecule has 0 heterocycles. The molecule has 0 fully saturated rings. The van der Waals surface area contributed by atoms with E-state index in [-0.39, 0.29) is 11.3 Å². The van der Waals surface area contributed by atoms with Crippen LogP contribution in [0.1, 0.15) is 10.4 Å². The molecule has 1 aromatic rings. The number of nitrogens with one attached hydrogen (secondary N) is 2. The predicted molar refractivity (Wildman–Crippen MR) is 54.4 cm³/mol. The van der Waals surface area contributed by atoms with Crippen LogP contribution in [0.3, 0.4) is 0 Å². The predicted octanol–water partition coefficient (Wildman–Crippen LogP) is 0.529. The lowest BCUT2D eigenvalue weighted by molar-refractivity contribution is 0.112. The average Bonchev–Trinajstić information content (AvgIpc) is 2.29. The minimum atomic E-state index is -0.743. The Balaban J connectivity index is 3.19. The first kappa shape index (κ1) is 11.6. The first-order chi connectivity index (χ1) is 7.61. The zero-order valence-corrected chi connectivity index (χ0v) is 8.30. The lowest BCUT2D eigenvalue weighted by atomic mass is 10.1. The number of aromatic hydroxyl groups is 3. The summed E-state index contributed by atoms with van der Waals surface area (Å²) < 4.78 is 0. The third-order valence-corrected chi connectivity index (χ3v) is 1.72. The van der Waals surface area contributed by atoms with Gasteiger partial charge >= 0.3 is 0 Å². The number of phenolic OH excluding ortho intramolecular Hbond substituents is 3. The molecule has 1 rings (SSSR count). The molecule has 0 aliphatic rings. The normalized spacial score (nSPS) is 10.3. The van der Waals surface area contributed by atoms with Crippen molar-refractivity contribution < 1.29 is 20.1 Å². The Morgan fingerprint density at radius 3 is 2.50 bits per heavy atom. The van der Waals surface area contributed by atoms with Gasteiger partial charge in [-0.1, -0.05) is 10.4 Å². The maximum absolute atomic E-state index is 10.6. The summed E-state index contributed by atoms with van der Waals surface area (Å²) in [6, 6.07) is 0.985. The van der Waals surface area contributed by atoms with Crippen molar-refractivity contribution in [2.24, 2.45) is 10.4 Å². The van der Waals surface area contributed by atoms with Crippen LogP contribution in [-0.2, 0) is 0 Å². The molecule has 8 heteroatoms. The van der Waals surface area contributed by atoms with E-state index in [1.165, 1.54) is 7.05 Å². The van der Waals surface area contributed by atoms with Gasteiger partial charge in [-0.25, -0.2) is 0 Å². The van der Waals surface area contributed by atoms with Gasteiger partial charge in [-0.3, -0.25) is 15.6 Å². The van der Waals surface area contributed by atoms with Crippen molar-refractivity contribution in [2.75, 3.05) is 12.5 Å². The molecule has 16 heavy (non-hydrogen) atoms. The van der Waals surface area contributed by atoms with Gasteiger partial charge in [-0.05, 0) is 6.07 Å². The molecule has 0 saturated carbocycles. The van der Waals surface area contributed by atoms with Crippen molar-refractivity contribution in [2.45, 2.75) is 0 Å². The summed E-state index contributed by atoms with van der Waals surface area (Å²) >= 11 is 0. The highest BCUT2D eigenvalue weighted by Gasteiger charge is 2.16. The van der Waals surface area contributed by atoms with Crippen LogP contribution < -0.4 is 10.9 Å². The molecular weight excluding hydrogens is 216 g/mol. The first-order valence-electron chi connectivity index (χ1n) is 4.17. The smallest absolute Gasteiger partial charge is 0.202 e. The van der Waals surface area contributed by atoms with Crippen molar-refractivity contribution >= 4 is 12.0 Å². The fourth-order valence-corrected chi connectivity index (χ4v) is 1.000. The minimum Gasteiger partial charge on any atom is -0.504 e. The van der Waals surface area contributed by atoms with E-state index in [2.05, 4.69) is 21.3 Å². The van der Waals surface area contributed by atoms with Crippen LogP contribution in [0.15, 0.2) is 16.5 Å². The third kappa shape index (κ3) is 2.11. The molecule has 0 bridgehead atoms. The summed E-state index contributed by atoms with van der Waals surface area (Å²) in [5.74, 6) is -2.03. The van der Waals surface area contributed by atoms with Gasteiger partial charge in [0.2, 0.25) is 5.75 Å². The standard InChI is InChI=1S/C8H10N4O4/c1-9-11-12-10-6-4(3-13)2-5(14)7(15)8(6)16/h2-3,14-16H,1H3,(H,9,12)(H,10,11). The molecule has 0 aliphatic heterocycles. The summed E-state index contributed by atoms with van der Waals surface area (Å²) in [7, 11) is 1.50. The number of rotatable bonds is 4. The zero-order chi connectivity index (χ0) is 12.1. The molecule has 0 atom stereocenters. The molecule has 0 spiro atoms. The molecule has 0 aliphatic carbocycles. The van der Waals surface area contributed by atoms with Crippen LogP contribution in [0.25, 0.3) is 0 Å². The van der Waals surface area contributed by atoms with Gasteiger partial charge in [-0.2, -0.15) is 0 Å². The number of carbonyl (C=O) groups is 1. The summed E-state index contributed by atoms with van der Waals surface area (Å²) in [5, 5.41) is 34.5. The molecule has 5 N–H and O–H groups in total. The molecule has 0 radical (unpaired) electrons. The van der Waals surface area contributed by atoms with E-state index in [1.54, 1.807) is 0 Å². The van der Waals surface area contributed by atoms with E-state index in [9.17, 15) is 15.0 Å². The van der Waals surface area contributed by atoms with Crippen molar-refractivity contribution in [3.05, 3.63) is 11.6 Å². The Morgan fingerprint density at radius 2 is 1.94 bits per heavy atom. The number of carbonyl (C=O) groups excluding carboxylic acids is 1. The largest absolute Gasteiger partial charge is 0.504 e. The SMILES string of the molecule is CNN=NNc1c(C=O)cc(O)c(O)c1O. The van der Waals surface area contributed by atoms with E-state index in [4.69, 9.17) is 5.11 Å². The molecule has 8 nitrogen and oxygen atoms in total. The van der Waals surface area contributed by atoms with E-state index < -0.39 is 17.2 Å². The summed E-state index contributed by atoms with van der Waals surface area (Å²) in [5.41, 5.74) is 4.36. The number of anilines is 1. The van der Waals surface area contributed by atoms with Crippen LogP contribution in [0.5, 0.6) is 17.2 Å². The van der Waals surface area contributed by atoms with Crippen LogP contribution in [-0.4, -0.2) is 28.7 Å². The molecule has 0 saturated heterocycles. The summed E-state index contributed by atoms with van der Waals surface area (Å²) in [6.45, 7) is 0. The number of hydrogen-bond acceptors (Lipinski definition) is 6. The lowest BCUT2D eigenvalue weighted by Crippen LogP contribution is -1.98. The van der Waals surface area contributed by atoms with E-state index in [0.29, 0.717) is 6.29 Å². The van der Waals surface area contributed by atoms with E-state index in [1.807, 2.05) is 0 Å². The second-order valence-electron chi connectivity index (χ2n) is 2.71. The van der Waals surface area contributed by atoms with Crippen LogP contribution >= 0.6 is 0 Å². The van der Waals surface area contributed by atoms with Crippen molar-refractivity contribution in [1.29, 1.82) is 0 Å². The average molecular weight is 226 g/mol. The van der Waals surface area contributed by atoms with Crippen molar-refractivity contribution in [3.8, 4) is 17.2 Å². The Morgan fingerprint density at radius 1 is 1.25 bits per heavy atom. The Labute approximate surface area is 90.2 Å². The summed E-state index contributed by atoms with van der Waals surface area (Å²) in [4.78, 5) is 10.6. The maximum atomic E-state index is 10.6. The second kappa shape index (κ2) is 4.82. The molecule has 1 aromatic carbocycles. The van der Waals surface area contributed by atoms with Crippen molar-refractivity contribution in [1.82, 2.24) is 5.43 Å². The highest BCUT2D eigenvalue weighted by atomic mass is 16.3. The highest BCUT2D eigenvalue weighted by molar-refractivity contribution is 5.89. The van der Waals surface area contributed by atoms with Gasteiger partial charge in [0.05, 0.1) is 0 Å². The molecule has 0 aromatic heterocycles. The maximum Gasteiger partial charge on any atom is 0.202 e. The van der Waals surface area contributed by atoms with Gasteiger partial charge in [0.1, 0.15) is 5.69 Å². The minimum absolute atomic E-state index is 0.0668. The third-order valence-electron chi connectivity index (χ3n) is 1.72. The van der Waals surface area contributed by atoms with Crippen LogP contribution in [0.2, 0.25) is 0 Å². The molecule has 0 amide bonds. The molecule has 0 unspecified atom stereocenters. The van der Waals surface area contributed by atoms with Crippen LogP contribution in [0, 0.1) is 0 Å². The van der Waals surface area contributed by atoms with Gasteiger partial charge in [0.15, 0.2) is 17.8 Å². The summed E-state index contributed by atoms with van der Waals surface area (Å²) in [6.07, 6.45) is 0.385. The number of hydrogen-bond donors (Lipinski definition) is 5. The number of phenols is 3. The number of aldehydes is 1. The number of benzene rings is 1. The van der Waals surface area contributed by atoms with Gasteiger partial charge < -0.3 is 15.3 Å². The Hall–Kier alpha value is -2.51. The Bertz CT molecular complexity index is 433. The molecule has 86 valence electrons. The van der Waals surface area contributed by atoms with Gasteiger partial charge in [-0.15, -0.1) is 0 Å². The van der Waals surface area contributed by atoms with Crippen molar-refractivity contribution in [3.63, 3.8) is 0 Å². The van der Waals surface area contributed by atoms with E-state index >= 15 is 0 Å². The second-order valence-corrected chi connectivity index (χ2v) is 2.71. The monoisotopic (exact) mass is 226 g/mol. The fourth-order valence-electron chi connectivity index (χ4n) is 1.000. The molecular formula is C8H10N4O4. The topological polar surface area (TPSA) is 127 Å². The van der Waals surface area contributed by atoms with Gasteiger partial charge in [0, 0.05) is 12.6 Å². The fraction of sp³-hybridized carbons (Fsp3) is 0.125. The van der Waals surface area contributed by atoms with Gasteiger partial charge in [0.25, 0.3) is 0 Å². The first-order valence-corrected chi connectivity index (χ1v) is 4.17. The lowest BCUT2D eigenvalue weighted by Gasteiger charge is -2.08. The Kier molecular flexibility index (Phi) is 3.49. The van der Waals surface area contributed by atoms with E-state index in [0.717, 1.165) is 6.07 Å². The zero-order valence-electron chi connectivity index (χ0n) is 8.30. The quantitative estimate of drug-likeness (QED) is 0.167. The van der Waals surface area contributed by atoms with Crippen LogP contribution in [0.4, 0.5) is 5.69 Å².